The van der Waals surface area contributed by atoms with Crippen molar-refractivity contribution >= 4 is 34.1 Å². The number of nitrogens with zero attached hydrogens (tertiary/aromatic N) is 2. The van der Waals surface area contributed by atoms with Crippen molar-refractivity contribution < 1.29 is 9.59 Å². The molecule has 2 aromatic carbocycles. The second-order valence-corrected chi connectivity index (χ2v) is 8.33. The average Bonchev–Trinajstić information content (AvgIpc) is 3.46. The quantitative estimate of drug-likeness (QED) is 0.411. The molecule has 0 aliphatic carbocycles. The van der Waals surface area contributed by atoms with Gasteiger partial charge in [-0.1, -0.05) is 43.3 Å². The number of rotatable bonds is 7. The topological polar surface area (TPSA) is 99.8 Å². The third-order valence-electron chi connectivity index (χ3n) is 5.21. The number of H-pyrrole nitrogens is 1. The van der Waals surface area contributed by atoms with Crippen molar-refractivity contribution in [2.75, 3.05) is 13.6 Å². The molecule has 0 aliphatic rings. The molecule has 8 heteroatoms. The zero-order valence-electron chi connectivity index (χ0n) is 17.3. The summed E-state index contributed by atoms with van der Waals surface area (Å²) in [6, 6.07) is 15.9. The van der Waals surface area contributed by atoms with Crippen LogP contribution in [0.1, 0.15) is 45.0 Å². The first-order valence-electron chi connectivity index (χ1n) is 10.1. The van der Waals surface area contributed by atoms with Gasteiger partial charge in [-0.2, -0.15) is 5.10 Å². The second kappa shape index (κ2) is 9.09. The molecule has 0 aliphatic heterocycles. The number of carbonyl (C=O) groups excluding carboxylic acids is 2. The molecule has 0 saturated heterocycles. The van der Waals surface area contributed by atoms with E-state index in [4.69, 9.17) is 0 Å². The molecule has 0 saturated carbocycles. The lowest BCUT2D eigenvalue weighted by Gasteiger charge is -2.11. The van der Waals surface area contributed by atoms with Crippen LogP contribution in [0.2, 0.25) is 0 Å². The van der Waals surface area contributed by atoms with Crippen molar-refractivity contribution in [3.8, 4) is 10.6 Å². The molecule has 158 valence electrons. The smallest absolute Gasteiger partial charge is 0.272 e. The van der Waals surface area contributed by atoms with Crippen molar-refractivity contribution in [2.45, 2.75) is 19.3 Å². The summed E-state index contributed by atoms with van der Waals surface area (Å²) in [4.78, 5) is 29.4. The minimum atomic E-state index is -0.242. The molecule has 1 atom stereocenters. The Hall–Kier alpha value is -3.52. The van der Waals surface area contributed by atoms with Gasteiger partial charge >= 0.3 is 0 Å². The summed E-state index contributed by atoms with van der Waals surface area (Å²) in [6.07, 6.45) is 2.47. The Labute approximate surface area is 183 Å². The Bertz CT molecular complexity index is 1220. The van der Waals surface area contributed by atoms with Gasteiger partial charge in [0.2, 0.25) is 0 Å². The second-order valence-electron chi connectivity index (χ2n) is 7.30. The van der Waals surface area contributed by atoms with Crippen LogP contribution in [0, 0.1) is 0 Å². The Morgan fingerprint density at radius 1 is 1.13 bits per heavy atom. The number of hydrogen-bond acceptors (Lipinski definition) is 5. The van der Waals surface area contributed by atoms with E-state index in [1.165, 1.54) is 16.9 Å². The number of nitrogens with one attached hydrogen (secondary N) is 3. The van der Waals surface area contributed by atoms with E-state index >= 15 is 0 Å². The highest BCUT2D eigenvalue weighted by Gasteiger charge is 2.16. The van der Waals surface area contributed by atoms with E-state index in [0.29, 0.717) is 23.0 Å². The number of carbonyl (C=O) groups is 2. The zero-order valence-corrected chi connectivity index (χ0v) is 18.1. The van der Waals surface area contributed by atoms with Crippen LogP contribution in [0.5, 0.6) is 0 Å². The molecular formula is C23H23N5O2S. The van der Waals surface area contributed by atoms with Gasteiger partial charge in [0, 0.05) is 24.5 Å². The van der Waals surface area contributed by atoms with E-state index in [1.54, 1.807) is 13.2 Å². The predicted molar refractivity (Wildman–Crippen MR) is 122 cm³/mol. The van der Waals surface area contributed by atoms with Crippen molar-refractivity contribution in [3.63, 3.8) is 0 Å². The van der Waals surface area contributed by atoms with Crippen molar-refractivity contribution in [1.82, 2.24) is 25.8 Å². The molecule has 3 N–H and O–H groups in total. The Morgan fingerprint density at radius 3 is 2.71 bits per heavy atom. The van der Waals surface area contributed by atoms with Crippen molar-refractivity contribution in [1.29, 1.82) is 0 Å². The Balaban J connectivity index is 1.40. The largest absolute Gasteiger partial charge is 0.354 e. The summed E-state index contributed by atoms with van der Waals surface area (Å²) in [5, 5.41) is 14.0. The highest BCUT2D eigenvalue weighted by atomic mass is 32.1. The van der Waals surface area contributed by atoms with Gasteiger partial charge in [-0.3, -0.25) is 14.7 Å². The van der Waals surface area contributed by atoms with Crippen LogP contribution in [0.4, 0.5) is 0 Å². The number of aromatic amines is 1. The SMILES string of the molecule is CNC(=O)c1n[nH]c2cc(-c3ncc(C(=O)NCCC(C)c4ccccc4)s3)ccc12. The van der Waals surface area contributed by atoms with Crippen LogP contribution in [0.25, 0.3) is 21.5 Å². The number of hydrogen-bond donors (Lipinski definition) is 3. The summed E-state index contributed by atoms with van der Waals surface area (Å²) in [7, 11) is 1.57. The van der Waals surface area contributed by atoms with Crippen LogP contribution < -0.4 is 10.6 Å². The molecule has 4 aromatic rings. The number of benzene rings is 2. The highest BCUT2D eigenvalue weighted by molar-refractivity contribution is 7.16. The first-order chi connectivity index (χ1) is 15.1. The van der Waals surface area contributed by atoms with E-state index in [1.807, 2.05) is 36.4 Å². The molecule has 31 heavy (non-hydrogen) atoms. The minimum Gasteiger partial charge on any atom is -0.354 e. The predicted octanol–water partition coefficient (Wildman–Crippen LogP) is 3.97. The van der Waals surface area contributed by atoms with Crippen molar-refractivity contribution in [2.24, 2.45) is 0 Å². The lowest BCUT2D eigenvalue weighted by Crippen LogP contribution is -2.24. The van der Waals surface area contributed by atoms with Gasteiger partial charge in [-0.25, -0.2) is 4.98 Å². The first-order valence-corrected chi connectivity index (χ1v) is 10.9. The Morgan fingerprint density at radius 2 is 1.94 bits per heavy atom. The fraction of sp³-hybridized carbons (Fsp3) is 0.217. The third kappa shape index (κ3) is 4.49. The van der Waals surface area contributed by atoms with Crippen LogP contribution in [-0.2, 0) is 0 Å². The molecule has 2 aromatic heterocycles. The third-order valence-corrected chi connectivity index (χ3v) is 6.26. The van der Waals surface area contributed by atoms with Crippen LogP contribution in [-0.4, -0.2) is 40.6 Å². The first kappa shape index (κ1) is 20.7. The van der Waals surface area contributed by atoms with Gasteiger partial charge < -0.3 is 10.6 Å². The summed E-state index contributed by atoms with van der Waals surface area (Å²) in [5.41, 5.74) is 3.23. The molecule has 1 unspecified atom stereocenters. The summed E-state index contributed by atoms with van der Waals surface area (Å²) >= 11 is 1.34. The van der Waals surface area contributed by atoms with Gasteiger partial charge in [0.25, 0.3) is 11.8 Å². The van der Waals surface area contributed by atoms with Crippen LogP contribution >= 0.6 is 11.3 Å². The maximum absolute atomic E-state index is 12.5. The fourth-order valence-corrected chi connectivity index (χ4v) is 4.22. The molecule has 0 bridgehead atoms. The number of amides is 2. The van der Waals surface area contributed by atoms with Gasteiger partial charge in [-0.15, -0.1) is 11.3 Å². The molecule has 2 amide bonds. The van der Waals surface area contributed by atoms with E-state index in [0.717, 1.165) is 27.9 Å². The summed E-state index contributed by atoms with van der Waals surface area (Å²) < 4.78 is 0. The lowest BCUT2D eigenvalue weighted by atomic mass is 9.98. The fourth-order valence-electron chi connectivity index (χ4n) is 3.39. The van der Waals surface area contributed by atoms with E-state index < -0.39 is 0 Å². The standard InChI is InChI=1S/C23H23N5O2S/c1-14(15-6-4-3-5-7-15)10-11-25-21(29)19-13-26-23(31-19)16-8-9-17-18(12-16)27-28-20(17)22(30)24-2/h3-9,12-14H,10-11H2,1-2H3,(H,24,30)(H,25,29)(H,27,28). The average molecular weight is 434 g/mol. The normalized spacial score (nSPS) is 11.9. The number of aromatic nitrogens is 3. The molecule has 0 spiro atoms. The van der Waals surface area contributed by atoms with Gasteiger partial charge in [0.15, 0.2) is 5.69 Å². The molecule has 4 rings (SSSR count). The van der Waals surface area contributed by atoms with Gasteiger partial charge in [0.05, 0.1) is 11.7 Å². The molecule has 0 radical (unpaired) electrons. The van der Waals surface area contributed by atoms with Crippen LogP contribution in [0.15, 0.2) is 54.7 Å². The molecule has 0 fully saturated rings. The maximum Gasteiger partial charge on any atom is 0.272 e. The maximum atomic E-state index is 12.5. The number of thiazole rings is 1. The van der Waals surface area contributed by atoms with E-state index in [-0.39, 0.29) is 11.8 Å². The zero-order chi connectivity index (χ0) is 21.8. The number of fused-ring (bicyclic) bond motifs is 1. The molecular weight excluding hydrogens is 410 g/mol. The minimum absolute atomic E-state index is 0.117. The van der Waals surface area contributed by atoms with Gasteiger partial charge in [-0.05, 0) is 30.0 Å². The molecule has 7 nitrogen and oxygen atoms in total. The monoisotopic (exact) mass is 433 g/mol. The lowest BCUT2D eigenvalue weighted by molar-refractivity contribution is 0.0949. The summed E-state index contributed by atoms with van der Waals surface area (Å²) in [5.74, 6) is 0.0154. The van der Waals surface area contributed by atoms with E-state index in [9.17, 15) is 9.59 Å². The highest BCUT2D eigenvalue weighted by Crippen LogP contribution is 2.28. The van der Waals surface area contributed by atoms with Crippen LogP contribution in [0.3, 0.4) is 0 Å². The van der Waals surface area contributed by atoms with Crippen molar-refractivity contribution in [3.05, 3.63) is 70.9 Å². The Kier molecular flexibility index (Phi) is 6.08. The molecule has 2 heterocycles. The van der Waals surface area contributed by atoms with E-state index in [2.05, 4.69) is 44.9 Å². The summed E-state index contributed by atoms with van der Waals surface area (Å²) in [6.45, 7) is 2.76. The van der Waals surface area contributed by atoms with Gasteiger partial charge in [0.1, 0.15) is 9.88 Å².